The van der Waals surface area contributed by atoms with E-state index in [0.717, 1.165) is 5.56 Å². The monoisotopic (exact) mass is 293 g/mol. The number of nitrogens with one attached hydrogen (secondary N) is 2. The van der Waals surface area contributed by atoms with Gasteiger partial charge >= 0.3 is 6.03 Å². The van der Waals surface area contributed by atoms with Crippen molar-refractivity contribution in [1.82, 2.24) is 15.5 Å². The average molecular weight is 293 g/mol. The topological polar surface area (TPSA) is 61.4 Å². The summed E-state index contributed by atoms with van der Waals surface area (Å²) in [5.41, 5.74) is 0.990. The maximum Gasteiger partial charge on any atom is 0.315 e. The highest BCUT2D eigenvalue weighted by Crippen LogP contribution is 2.12. The summed E-state index contributed by atoms with van der Waals surface area (Å²) in [6.45, 7) is 3.50. The number of urea groups is 1. The van der Waals surface area contributed by atoms with Crippen molar-refractivity contribution in [2.24, 2.45) is 0 Å². The molecule has 114 valence electrons. The van der Waals surface area contributed by atoms with E-state index >= 15 is 0 Å². The summed E-state index contributed by atoms with van der Waals surface area (Å²) in [5.74, 6) is -0.221. The maximum atomic E-state index is 12.8. The third-order valence-electron chi connectivity index (χ3n) is 3.47. The van der Waals surface area contributed by atoms with Crippen LogP contribution >= 0.6 is 0 Å². The van der Waals surface area contributed by atoms with Crippen LogP contribution < -0.4 is 10.6 Å². The standard InChI is InChI=1S/C15H20FN3O2/c1-2-17-15(21)18-13-9-14(20)19(10-13)8-7-11-3-5-12(16)6-4-11/h3-6,13H,2,7-10H2,1H3,(H2,17,18,21)/t13-/m0/s1. The molecule has 2 rings (SSSR count). The number of carbonyl (C=O) groups is 2. The van der Waals surface area contributed by atoms with E-state index in [2.05, 4.69) is 10.6 Å². The summed E-state index contributed by atoms with van der Waals surface area (Å²) in [7, 11) is 0. The van der Waals surface area contributed by atoms with E-state index in [0.29, 0.717) is 32.5 Å². The first-order chi connectivity index (χ1) is 10.1. The lowest BCUT2D eigenvalue weighted by molar-refractivity contribution is -0.127. The fourth-order valence-electron chi connectivity index (χ4n) is 2.40. The van der Waals surface area contributed by atoms with Crippen molar-refractivity contribution in [3.8, 4) is 0 Å². The van der Waals surface area contributed by atoms with E-state index < -0.39 is 0 Å². The van der Waals surface area contributed by atoms with E-state index in [4.69, 9.17) is 0 Å². The second kappa shape index (κ2) is 7.06. The van der Waals surface area contributed by atoms with E-state index in [9.17, 15) is 14.0 Å². The second-order valence-electron chi connectivity index (χ2n) is 5.12. The molecule has 1 aliphatic rings. The molecule has 5 nitrogen and oxygen atoms in total. The molecule has 21 heavy (non-hydrogen) atoms. The first-order valence-electron chi connectivity index (χ1n) is 7.15. The average Bonchev–Trinajstić information content (AvgIpc) is 2.78. The summed E-state index contributed by atoms with van der Waals surface area (Å²) in [5, 5.41) is 5.43. The van der Waals surface area contributed by atoms with Crippen LogP contribution in [0.25, 0.3) is 0 Å². The minimum atomic E-state index is -0.262. The van der Waals surface area contributed by atoms with Gasteiger partial charge < -0.3 is 15.5 Å². The third-order valence-corrected chi connectivity index (χ3v) is 3.47. The predicted molar refractivity (Wildman–Crippen MR) is 77.3 cm³/mol. The maximum absolute atomic E-state index is 12.8. The van der Waals surface area contributed by atoms with Crippen LogP contribution in [0.1, 0.15) is 18.9 Å². The molecule has 2 N–H and O–H groups in total. The van der Waals surface area contributed by atoms with Gasteiger partial charge in [0.05, 0.1) is 6.04 Å². The number of rotatable bonds is 5. The molecule has 1 fully saturated rings. The van der Waals surface area contributed by atoms with Gasteiger partial charge in [-0.3, -0.25) is 4.79 Å². The van der Waals surface area contributed by atoms with Crippen molar-refractivity contribution in [2.45, 2.75) is 25.8 Å². The van der Waals surface area contributed by atoms with Gasteiger partial charge in [-0.2, -0.15) is 0 Å². The molecule has 1 aliphatic heterocycles. The van der Waals surface area contributed by atoms with Gasteiger partial charge in [-0.25, -0.2) is 9.18 Å². The highest BCUT2D eigenvalue weighted by molar-refractivity contribution is 5.81. The lowest BCUT2D eigenvalue weighted by atomic mass is 10.1. The zero-order chi connectivity index (χ0) is 15.2. The molecular weight excluding hydrogens is 273 g/mol. The molecule has 1 aromatic carbocycles. The minimum absolute atomic E-state index is 0.0407. The van der Waals surface area contributed by atoms with Gasteiger partial charge in [0.15, 0.2) is 0 Å². The van der Waals surface area contributed by atoms with Crippen molar-refractivity contribution < 1.29 is 14.0 Å². The number of nitrogens with zero attached hydrogens (tertiary/aromatic N) is 1. The van der Waals surface area contributed by atoms with Crippen LogP contribution in [0.15, 0.2) is 24.3 Å². The van der Waals surface area contributed by atoms with Gasteiger partial charge in [-0.1, -0.05) is 12.1 Å². The van der Waals surface area contributed by atoms with Crippen LogP contribution in [-0.4, -0.2) is 42.5 Å². The van der Waals surface area contributed by atoms with Gasteiger partial charge in [-0.05, 0) is 31.0 Å². The predicted octanol–water partition coefficient (Wildman–Crippen LogP) is 1.29. The fraction of sp³-hybridized carbons (Fsp3) is 0.467. The van der Waals surface area contributed by atoms with E-state index in [1.165, 1.54) is 12.1 Å². The molecule has 1 aromatic rings. The second-order valence-corrected chi connectivity index (χ2v) is 5.12. The molecule has 1 heterocycles. The van der Waals surface area contributed by atoms with Crippen LogP contribution in [0, 0.1) is 5.82 Å². The van der Waals surface area contributed by atoms with E-state index in [-0.39, 0.29) is 23.8 Å². The Kier molecular flexibility index (Phi) is 5.14. The number of halogens is 1. The Labute approximate surface area is 123 Å². The Balaban J connectivity index is 1.80. The van der Waals surface area contributed by atoms with Crippen LogP contribution in [-0.2, 0) is 11.2 Å². The van der Waals surface area contributed by atoms with Crippen molar-refractivity contribution in [1.29, 1.82) is 0 Å². The van der Waals surface area contributed by atoms with Crippen LogP contribution in [0.2, 0.25) is 0 Å². The molecule has 0 unspecified atom stereocenters. The zero-order valence-electron chi connectivity index (χ0n) is 12.1. The van der Waals surface area contributed by atoms with Crippen LogP contribution in [0.4, 0.5) is 9.18 Å². The zero-order valence-corrected chi connectivity index (χ0v) is 12.1. The molecule has 3 amide bonds. The SMILES string of the molecule is CCNC(=O)N[C@H]1CC(=O)N(CCc2ccc(F)cc2)C1. The summed E-state index contributed by atoms with van der Waals surface area (Å²) in [6, 6.07) is 5.90. The van der Waals surface area contributed by atoms with Gasteiger partial charge in [0.2, 0.25) is 5.91 Å². The molecule has 1 atom stereocenters. The summed E-state index contributed by atoms with van der Waals surface area (Å²) in [4.78, 5) is 25.1. The van der Waals surface area contributed by atoms with Gasteiger partial charge in [0.25, 0.3) is 0 Å². The normalized spacial score (nSPS) is 17.9. The largest absolute Gasteiger partial charge is 0.340 e. The third kappa shape index (κ3) is 4.44. The molecule has 0 aliphatic carbocycles. The lowest BCUT2D eigenvalue weighted by Crippen LogP contribution is -2.43. The van der Waals surface area contributed by atoms with Gasteiger partial charge in [0, 0.05) is 26.1 Å². The molecule has 6 heteroatoms. The first-order valence-corrected chi connectivity index (χ1v) is 7.15. The molecule has 0 bridgehead atoms. The summed E-state index contributed by atoms with van der Waals surface area (Å²) in [6.07, 6.45) is 1.01. The number of benzene rings is 1. The number of likely N-dealkylation sites (tertiary alicyclic amines) is 1. The first kappa shape index (κ1) is 15.3. The smallest absolute Gasteiger partial charge is 0.315 e. The van der Waals surface area contributed by atoms with Crippen molar-refractivity contribution >= 4 is 11.9 Å². The number of hydrogen-bond donors (Lipinski definition) is 2. The minimum Gasteiger partial charge on any atom is -0.340 e. The Morgan fingerprint density at radius 3 is 2.76 bits per heavy atom. The highest BCUT2D eigenvalue weighted by atomic mass is 19.1. The van der Waals surface area contributed by atoms with Crippen molar-refractivity contribution in [2.75, 3.05) is 19.6 Å². The molecule has 0 spiro atoms. The number of carbonyl (C=O) groups excluding carboxylic acids is 2. The quantitative estimate of drug-likeness (QED) is 0.859. The molecule has 1 saturated heterocycles. The Morgan fingerprint density at radius 1 is 1.38 bits per heavy atom. The molecule has 0 aromatic heterocycles. The Hall–Kier alpha value is -2.11. The number of hydrogen-bond acceptors (Lipinski definition) is 2. The number of amides is 3. The summed E-state index contributed by atoms with van der Waals surface area (Å²) >= 11 is 0. The highest BCUT2D eigenvalue weighted by Gasteiger charge is 2.30. The molecular formula is C15H20FN3O2. The van der Waals surface area contributed by atoms with E-state index in [1.807, 2.05) is 6.92 Å². The van der Waals surface area contributed by atoms with Gasteiger partial charge in [0.1, 0.15) is 5.82 Å². The van der Waals surface area contributed by atoms with Crippen molar-refractivity contribution in [3.63, 3.8) is 0 Å². The Bertz CT molecular complexity index is 504. The fourth-order valence-corrected chi connectivity index (χ4v) is 2.40. The summed E-state index contributed by atoms with van der Waals surface area (Å²) < 4.78 is 12.8. The van der Waals surface area contributed by atoms with Gasteiger partial charge in [-0.15, -0.1) is 0 Å². The molecule has 0 saturated carbocycles. The lowest BCUT2D eigenvalue weighted by Gasteiger charge is -2.17. The van der Waals surface area contributed by atoms with Crippen LogP contribution in [0.3, 0.4) is 0 Å². The van der Waals surface area contributed by atoms with Crippen LogP contribution in [0.5, 0.6) is 0 Å². The Morgan fingerprint density at radius 2 is 2.10 bits per heavy atom. The van der Waals surface area contributed by atoms with E-state index in [1.54, 1.807) is 17.0 Å². The van der Waals surface area contributed by atoms with Crippen molar-refractivity contribution in [3.05, 3.63) is 35.6 Å². The molecule has 0 radical (unpaired) electrons.